The zero-order valence-electron chi connectivity index (χ0n) is 15.5. The molecule has 2 nitrogen and oxygen atoms in total. The Morgan fingerprint density at radius 1 is 1.12 bits per heavy atom. The van der Waals surface area contributed by atoms with Gasteiger partial charge in [-0.25, -0.2) is 0 Å². The van der Waals surface area contributed by atoms with Crippen LogP contribution in [0.1, 0.15) is 62.1 Å². The van der Waals surface area contributed by atoms with Crippen LogP contribution in [0.2, 0.25) is 0 Å². The Labute approximate surface area is 151 Å². The van der Waals surface area contributed by atoms with E-state index in [1.807, 2.05) is 18.2 Å². The molecule has 1 heterocycles. The number of carbonyl (C=O) groups is 1. The van der Waals surface area contributed by atoms with Crippen LogP contribution >= 0.6 is 0 Å². The summed E-state index contributed by atoms with van der Waals surface area (Å²) < 4.78 is 6.04. The summed E-state index contributed by atoms with van der Waals surface area (Å²) in [6, 6.07) is 16.5. The van der Waals surface area contributed by atoms with Crippen molar-refractivity contribution in [3.63, 3.8) is 0 Å². The minimum absolute atomic E-state index is 0.103. The first-order chi connectivity index (χ1) is 12.0. The first-order valence-electron chi connectivity index (χ1n) is 9.37. The minimum atomic E-state index is 0.103. The molecule has 2 aromatic carbocycles. The van der Waals surface area contributed by atoms with Crippen LogP contribution in [-0.4, -0.2) is 12.4 Å². The average molecular weight is 336 g/mol. The Hall–Kier alpha value is -1.93. The maximum Gasteiger partial charge on any atom is 0.159 e. The summed E-state index contributed by atoms with van der Waals surface area (Å²) in [5.74, 6) is 1.48. The molecule has 1 saturated heterocycles. The molecule has 0 bridgehead atoms. The highest BCUT2D eigenvalue weighted by molar-refractivity contribution is 5.95. The third-order valence-corrected chi connectivity index (χ3v) is 5.17. The standard InChI is InChI=1S/C23H28O2/c1-16(2)7-8-20-13-14-25-23(20)19-11-9-18(10-12-19)22-6-4-5-21(15-22)17(3)24/h4-6,9-12,15-16,20,23H,7-8,13-14H2,1-3H3/t20-,23-/m1/s1. The molecule has 0 amide bonds. The van der Waals surface area contributed by atoms with Gasteiger partial charge in [0.25, 0.3) is 0 Å². The van der Waals surface area contributed by atoms with E-state index in [1.165, 1.54) is 24.8 Å². The van der Waals surface area contributed by atoms with Gasteiger partial charge >= 0.3 is 0 Å². The van der Waals surface area contributed by atoms with E-state index in [4.69, 9.17) is 4.74 Å². The van der Waals surface area contributed by atoms with Crippen LogP contribution in [0.5, 0.6) is 0 Å². The lowest BCUT2D eigenvalue weighted by atomic mass is 9.88. The van der Waals surface area contributed by atoms with Crippen molar-refractivity contribution in [2.45, 2.75) is 46.1 Å². The molecule has 2 aromatic rings. The van der Waals surface area contributed by atoms with Crippen molar-refractivity contribution in [1.29, 1.82) is 0 Å². The Balaban J connectivity index is 1.76. The molecule has 2 atom stereocenters. The van der Waals surface area contributed by atoms with Crippen LogP contribution in [0.3, 0.4) is 0 Å². The molecule has 25 heavy (non-hydrogen) atoms. The summed E-state index contributed by atoms with van der Waals surface area (Å²) in [6.07, 6.45) is 3.90. The molecule has 1 aliphatic rings. The highest BCUT2D eigenvalue weighted by Gasteiger charge is 2.29. The second-order valence-corrected chi connectivity index (χ2v) is 7.57. The van der Waals surface area contributed by atoms with E-state index in [0.717, 1.165) is 29.2 Å². The fourth-order valence-corrected chi connectivity index (χ4v) is 3.63. The lowest BCUT2D eigenvalue weighted by molar-refractivity contribution is 0.0874. The van der Waals surface area contributed by atoms with Gasteiger partial charge < -0.3 is 4.74 Å². The van der Waals surface area contributed by atoms with E-state index in [9.17, 15) is 4.79 Å². The number of ketones is 1. The van der Waals surface area contributed by atoms with Crippen LogP contribution in [0.4, 0.5) is 0 Å². The summed E-state index contributed by atoms with van der Waals surface area (Å²) in [6.45, 7) is 7.05. The molecule has 0 aromatic heterocycles. The molecule has 0 N–H and O–H groups in total. The van der Waals surface area contributed by atoms with Gasteiger partial charge in [-0.1, -0.05) is 62.7 Å². The molecule has 1 aliphatic heterocycles. The summed E-state index contributed by atoms with van der Waals surface area (Å²) in [5.41, 5.74) is 4.26. The van der Waals surface area contributed by atoms with Crippen LogP contribution in [0, 0.1) is 11.8 Å². The summed E-state index contributed by atoms with van der Waals surface area (Å²) in [7, 11) is 0. The van der Waals surface area contributed by atoms with Crippen LogP contribution in [0.25, 0.3) is 11.1 Å². The number of hydrogen-bond donors (Lipinski definition) is 0. The first kappa shape index (κ1) is 17.9. The summed E-state index contributed by atoms with van der Waals surface area (Å²) in [4.78, 5) is 11.6. The van der Waals surface area contributed by atoms with E-state index < -0.39 is 0 Å². The molecule has 132 valence electrons. The number of benzene rings is 2. The maximum absolute atomic E-state index is 11.6. The first-order valence-corrected chi connectivity index (χ1v) is 9.37. The fourth-order valence-electron chi connectivity index (χ4n) is 3.63. The van der Waals surface area contributed by atoms with Gasteiger partial charge in [-0.2, -0.15) is 0 Å². The van der Waals surface area contributed by atoms with Crippen LogP contribution in [-0.2, 0) is 4.74 Å². The molecule has 0 radical (unpaired) electrons. The summed E-state index contributed by atoms with van der Waals surface area (Å²) >= 11 is 0. The van der Waals surface area contributed by atoms with Crippen molar-refractivity contribution < 1.29 is 9.53 Å². The molecular formula is C23H28O2. The highest BCUT2D eigenvalue weighted by atomic mass is 16.5. The van der Waals surface area contributed by atoms with E-state index in [-0.39, 0.29) is 11.9 Å². The quantitative estimate of drug-likeness (QED) is 0.598. The van der Waals surface area contributed by atoms with Crippen LogP contribution < -0.4 is 0 Å². The van der Waals surface area contributed by atoms with Crippen molar-refractivity contribution in [1.82, 2.24) is 0 Å². The largest absolute Gasteiger partial charge is 0.373 e. The Morgan fingerprint density at radius 2 is 1.88 bits per heavy atom. The van der Waals surface area contributed by atoms with Gasteiger partial charge in [0.15, 0.2) is 5.78 Å². The SMILES string of the molecule is CC(=O)c1cccc(-c2ccc([C@H]3OCC[C@H]3CCC(C)C)cc2)c1. The lowest BCUT2D eigenvalue weighted by Crippen LogP contribution is -2.08. The van der Waals surface area contributed by atoms with Gasteiger partial charge in [0.2, 0.25) is 0 Å². The Kier molecular flexibility index (Phi) is 5.70. The topological polar surface area (TPSA) is 26.3 Å². The third kappa shape index (κ3) is 4.38. The molecule has 0 unspecified atom stereocenters. The molecular weight excluding hydrogens is 308 g/mol. The predicted molar refractivity (Wildman–Crippen MR) is 103 cm³/mol. The van der Waals surface area contributed by atoms with Gasteiger partial charge in [0.05, 0.1) is 6.10 Å². The smallest absolute Gasteiger partial charge is 0.159 e. The van der Waals surface area contributed by atoms with Gasteiger partial charge in [0.1, 0.15) is 0 Å². The monoisotopic (exact) mass is 336 g/mol. The molecule has 0 aliphatic carbocycles. The highest BCUT2D eigenvalue weighted by Crippen LogP contribution is 2.38. The zero-order valence-corrected chi connectivity index (χ0v) is 15.5. The molecule has 3 rings (SSSR count). The fraction of sp³-hybridized carbons (Fsp3) is 0.435. The van der Waals surface area contributed by atoms with Crippen molar-refractivity contribution >= 4 is 5.78 Å². The second-order valence-electron chi connectivity index (χ2n) is 7.57. The van der Waals surface area contributed by atoms with E-state index in [0.29, 0.717) is 5.92 Å². The molecule has 0 spiro atoms. The maximum atomic E-state index is 11.6. The number of ether oxygens (including phenoxy) is 1. The van der Waals surface area contributed by atoms with Crippen molar-refractivity contribution in [3.8, 4) is 11.1 Å². The lowest BCUT2D eigenvalue weighted by Gasteiger charge is -2.20. The zero-order chi connectivity index (χ0) is 17.8. The average Bonchev–Trinajstić information content (AvgIpc) is 3.09. The van der Waals surface area contributed by atoms with Gasteiger partial charge in [-0.3, -0.25) is 4.79 Å². The van der Waals surface area contributed by atoms with Crippen molar-refractivity contribution in [3.05, 3.63) is 59.7 Å². The van der Waals surface area contributed by atoms with Crippen molar-refractivity contribution in [2.24, 2.45) is 11.8 Å². The van der Waals surface area contributed by atoms with E-state index >= 15 is 0 Å². The van der Waals surface area contributed by atoms with Crippen molar-refractivity contribution in [2.75, 3.05) is 6.61 Å². The number of hydrogen-bond acceptors (Lipinski definition) is 2. The third-order valence-electron chi connectivity index (χ3n) is 5.17. The predicted octanol–water partition coefficient (Wildman–Crippen LogP) is 6.07. The van der Waals surface area contributed by atoms with Gasteiger partial charge in [-0.15, -0.1) is 0 Å². The van der Waals surface area contributed by atoms with Gasteiger partial charge in [0, 0.05) is 12.2 Å². The number of carbonyl (C=O) groups excluding carboxylic acids is 1. The number of Topliss-reactive ketones (excluding diaryl/α,β-unsaturated/α-hetero) is 1. The van der Waals surface area contributed by atoms with Crippen LogP contribution in [0.15, 0.2) is 48.5 Å². The Bertz CT molecular complexity index is 715. The second kappa shape index (κ2) is 7.97. The minimum Gasteiger partial charge on any atom is -0.373 e. The molecule has 2 heteroatoms. The number of rotatable bonds is 6. The van der Waals surface area contributed by atoms with E-state index in [1.54, 1.807) is 6.92 Å². The molecule has 0 saturated carbocycles. The van der Waals surface area contributed by atoms with Gasteiger partial charge in [-0.05, 0) is 54.4 Å². The molecule has 1 fully saturated rings. The normalized spacial score (nSPS) is 20.2. The summed E-state index contributed by atoms with van der Waals surface area (Å²) in [5, 5.41) is 0. The Morgan fingerprint density at radius 3 is 2.56 bits per heavy atom. The van der Waals surface area contributed by atoms with E-state index in [2.05, 4.69) is 44.2 Å².